The van der Waals surface area contributed by atoms with Crippen LogP contribution < -0.4 is 4.74 Å². The van der Waals surface area contributed by atoms with Crippen LogP contribution in [0.2, 0.25) is 0 Å². The van der Waals surface area contributed by atoms with Crippen LogP contribution >= 0.6 is 0 Å². The third kappa shape index (κ3) is 2.67. The van der Waals surface area contributed by atoms with Gasteiger partial charge >= 0.3 is 5.97 Å². The van der Waals surface area contributed by atoms with Crippen LogP contribution in [0.4, 0.5) is 0 Å². The molecule has 0 amide bonds. The quantitative estimate of drug-likeness (QED) is 0.678. The summed E-state index contributed by atoms with van der Waals surface area (Å²) >= 11 is 0. The number of furan rings is 1. The van der Waals surface area contributed by atoms with Crippen LogP contribution in [0, 0.1) is 0 Å². The van der Waals surface area contributed by atoms with Crippen molar-refractivity contribution in [2.45, 2.75) is 13.5 Å². The Kier molecular flexibility index (Phi) is 3.82. The molecule has 3 rings (SSSR count). The third-order valence-corrected chi connectivity index (χ3v) is 3.26. The van der Waals surface area contributed by atoms with Crippen molar-refractivity contribution < 1.29 is 18.7 Å². The van der Waals surface area contributed by atoms with E-state index in [0.29, 0.717) is 24.5 Å². The second-order valence-corrected chi connectivity index (χ2v) is 4.78. The summed E-state index contributed by atoms with van der Waals surface area (Å²) in [6.07, 6.45) is 5.36. The second-order valence-electron chi connectivity index (χ2n) is 4.78. The van der Waals surface area contributed by atoms with E-state index >= 15 is 0 Å². The molecule has 0 saturated heterocycles. The zero-order chi connectivity index (χ0) is 15.5. The first-order valence-corrected chi connectivity index (χ1v) is 6.94. The first-order valence-electron chi connectivity index (χ1n) is 6.94. The van der Waals surface area contributed by atoms with Crippen molar-refractivity contribution >= 4 is 16.9 Å². The zero-order valence-electron chi connectivity index (χ0n) is 12.4. The molecule has 114 valence electrons. The minimum Gasteiger partial charge on any atom is -0.493 e. The normalized spacial score (nSPS) is 10.8. The summed E-state index contributed by atoms with van der Waals surface area (Å²) in [6, 6.07) is 5.53. The average Bonchev–Trinajstić information content (AvgIpc) is 3.15. The van der Waals surface area contributed by atoms with Gasteiger partial charge in [-0.1, -0.05) is 0 Å². The molecule has 3 aromatic rings. The largest absolute Gasteiger partial charge is 0.493 e. The van der Waals surface area contributed by atoms with E-state index in [1.54, 1.807) is 32.6 Å². The third-order valence-electron chi connectivity index (χ3n) is 3.26. The van der Waals surface area contributed by atoms with Crippen LogP contribution in [0.1, 0.15) is 23.0 Å². The van der Waals surface area contributed by atoms with Gasteiger partial charge in [-0.3, -0.25) is 0 Å². The molecule has 0 aliphatic rings. The number of rotatable bonds is 5. The number of carbonyl (C=O) groups is 1. The Morgan fingerprint density at radius 3 is 2.91 bits per heavy atom. The summed E-state index contributed by atoms with van der Waals surface area (Å²) in [4.78, 5) is 15.8. The molecule has 0 aliphatic carbocycles. The van der Waals surface area contributed by atoms with E-state index in [4.69, 9.17) is 13.9 Å². The molecule has 6 heteroatoms. The number of benzene rings is 1. The fourth-order valence-corrected chi connectivity index (χ4v) is 2.32. The molecule has 0 bridgehead atoms. The lowest BCUT2D eigenvalue weighted by atomic mass is 10.1. The molecule has 0 saturated carbocycles. The lowest BCUT2D eigenvalue weighted by Gasteiger charge is -2.06. The van der Waals surface area contributed by atoms with Gasteiger partial charge in [-0.2, -0.15) is 0 Å². The second kappa shape index (κ2) is 5.93. The van der Waals surface area contributed by atoms with Crippen LogP contribution in [0.3, 0.4) is 0 Å². The first kappa shape index (κ1) is 14.2. The Morgan fingerprint density at radius 2 is 2.23 bits per heavy atom. The summed E-state index contributed by atoms with van der Waals surface area (Å²) in [6.45, 7) is 2.72. The molecule has 2 aromatic heterocycles. The number of nitrogens with zero attached hydrogens (tertiary/aromatic N) is 2. The molecule has 1 aromatic carbocycles. The highest BCUT2D eigenvalue weighted by Crippen LogP contribution is 2.31. The number of methoxy groups -OCH3 is 1. The van der Waals surface area contributed by atoms with Gasteiger partial charge in [0.25, 0.3) is 0 Å². The Bertz CT molecular complexity index is 790. The maximum atomic E-state index is 11.8. The maximum Gasteiger partial charge on any atom is 0.374 e. The summed E-state index contributed by atoms with van der Waals surface area (Å²) in [5.41, 5.74) is 1.57. The lowest BCUT2D eigenvalue weighted by molar-refractivity contribution is 0.0492. The van der Waals surface area contributed by atoms with Gasteiger partial charge in [0, 0.05) is 24.3 Å². The summed E-state index contributed by atoms with van der Waals surface area (Å²) < 4.78 is 17.9. The molecule has 0 unspecified atom stereocenters. The molecular weight excluding hydrogens is 284 g/mol. The molecule has 0 atom stereocenters. The van der Waals surface area contributed by atoms with E-state index in [0.717, 1.165) is 10.9 Å². The Morgan fingerprint density at radius 1 is 1.36 bits per heavy atom. The van der Waals surface area contributed by atoms with Crippen molar-refractivity contribution in [2.24, 2.45) is 0 Å². The molecule has 22 heavy (non-hydrogen) atoms. The van der Waals surface area contributed by atoms with E-state index in [9.17, 15) is 4.79 Å². The summed E-state index contributed by atoms with van der Waals surface area (Å²) in [5, 5.41) is 0.803. The fourth-order valence-electron chi connectivity index (χ4n) is 2.32. The lowest BCUT2D eigenvalue weighted by Crippen LogP contribution is -2.02. The standard InChI is InChI=1S/C16H16N2O4/c1-3-21-16(19)14-8-12-6-11(9-18-5-4-17-10-18)7-13(20-2)15(12)22-14/h4-8,10H,3,9H2,1-2H3. The number of carbonyl (C=O) groups excluding carboxylic acids is 1. The number of hydrogen-bond acceptors (Lipinski definition) is 5. The monoisotopic (exact) mass is 300 g/mol. The van der Waals surface area contributed by atoms with Gasteiger partial charge in [-0.05, 0) is 30.7 Å². The van der Waals surface area contributed by atoms with Gasteiger partial charge < -0.3 is 18.5 Å². The van der Waals surface area contributed by atoms with Gasteiger partial charge in [0.2, 0.25) is 5.76 Å². The highest BCUT2D eigenvalue weighted by Gasteiger charge is 2.17. The highest BCUT2D eigenvalue weighted by atomic mass is 16.5. The minimum atomic E-state index is -0.475. The molecule has 0 aliphatic heterocycles. The maximum absolute atomic E-state index is 11.8. The Labute approximate surface area is 127 Å². The fraction of sp³-hybridized carbons (Fsp3) is 0.250. The van der Waals surface area contributed by atoms with Gasteiger partial charge in [-0.25, -0.2) is 9.78 Å². The predicted octanol–water partition coefficient (Wildman–Crippen LogP) is 2.86. The molecule has 0 fully saturated rings. The van der Waals surface area contributed by atoms with Crippen molar-refractivity contribution in [3.05, 3.63) is 48.2 Å². The first-order chi connectivity index (χ1) is 10.7. The SMILES string of the molecule is CCOC(=O)c1cc2cc(Cn3ccnc3)cc(OC)c2o1. The van der Waals surface area contributed by atoms with Crippen LogP contribution in [0.25, 0.3) is 11.0 Å². The molecule has 0 radical (unpaired) electrons. The summed E-state index contributed by atoms with van der Waals surface area (Å²) in [7, 11) is 1.57. The number of aromatic nitrogens is 2. The van der Waals surface area contributed by atoms with E-state index in [1.165, 1.54) is 0 Å². The molecule has 0 N–H and O–H groups in total. The molecule has 2 heterocycles. The van der Waals surface area contributed by atoms with E-state index < -0.39 is 5.97 Å². The van der Waals surface area contributed by atoms with Crippen molar-refractivity contribution in [3.8, 4) is 5.75 Å². The van der Waals surface area contributed by atoms with Crippen molar-refractivity contribution in [1.29, 1.82) is 0 Å². The smallest absolute Gasteiger partial charge is 0.374 e. The van der Waals surface area contributed by atoms with Crippen molar-refractivity contribution in [3.63, 3.8) is 0 Å². The molecular formula is C16H16N2O4. The number of imidazole rings is 1. The number of ether oxygens (including phenoxy) is 2. The van der Waals surface area contributed by atoms with Gasteiger partial charge in [0.05, 0.1) is 20.0 Å². The Balaban J connectivity index is 2.01. The number of hydrogen-bond donors (Lipinski definition) is 0. The molecule has 6 nitrogen and oxygen atoms in total. The zero-order valence-corrected chi connectivity index (χ0v) is 12.4. The van der Waals surface area contributed by atoms with Crippen molar-refractivity contribution in [1.82, 2.24) is 9.55 Å². The van der Waals surface area contributed by atoms with Gasteiger partial charge in [-0.15, -0.1) is 0 Å². The van der Waals surface area contributed by atoms with Gasteiger partial charge in [0.1, 0.15) is 0 Å². The van der Waals surface area contributed by atoms with Crippen molar-refractivity contribution in [2.75, 3.05) is 13.7 Å². The highest BCUT2D eigenvalue weighted by molar-refractivity contribution is 5.94. The topological polar surface area (TPSA) is 66.5 Å². The van der Waals surface area contributed by atoms with Crippen LogP contribution in [0.15, 0.2) is 41.3 Å². The average molecular weight is 300 g/mol. The number of esters is 1. The van der Waals surface area contributed by atoms with Crippen LogP contribution in [-0.4, -0.2) is 29.2 Å². The van der Waals surface area contributed by atoms with E-state index in [-0.39, 0.29) is 5.76 Å². The van der Waals surface area contributed by atoms with Crippen LogP contribution in [0.5, 0.6) is 5.75 Å². The minimum absolute atomic E-state index is 0.176. The van der Waals surface area contributed by atoms with Gasteiger partial charge in [0.15, 0.2) is 11.3 Å². The Hall–Kier alpha value is -2.76. The summed E-state index contributed by atoms with van der Waals surface area (Å²) in [5.74, 6) is 0.287. The molecule has 0 spiro atoms. The van der Waals surface area contributed by atoms with E-state index in [1.807, 2.05) is 22.9 Å². The predicted molar refractivity (Wildman–Crippen MR) is 80.1 cm³/mol. The van der Waals surface area contributed by atoms with E-state index in [2.05, 4.69) is 4.98 Å². The van der Waals surface area contributed by atoms with Crippen LogP contribution in [-0.2, 0) is 11.3 Å². The number of fused-ring (bicyclic) bond motifs is 1.